The second-order valence-electron chi connectivity index (χ2n) is 7.79. The minimum Gasteiger partial charge on any atom is -0.481 e. The van der Waals surface area contributed by atoms with Gasteiger partial charge in [-0.2, -0.15) is 0 Å². The maximum absolute atomic E-state index is 12.5. The van der Waals surface area contributed by atoms with E-state index in [1.807, 2.05) is 36.4 Å². The van der Waals surface area contributed by atoms with Crippen molar-refractivity contribution < 1.29 is 9.53 Å². The average Bonchev–Trinajstić information content (AvgIpc) is 3.25. The Bertz CT molecular complexity index is 979. The van der Waals surface area contributed by atoms with Gasteiger partial charge in [-0.15, -0.1) is 0 Å². The molecule has 0 aliphatic carbocycles. The van der Waals surface area contributed by atoms with Crippen molar-refractivity contribution in [1.29, 1.82) is 0 Å². The molecule has 1 saturated heterocycles. The van der Waals surface area contributed by atoms with Crippen LogP contribution in [0.5, 0.6) is 5.75 Å². The molecule has 3 aromatic rings. The number of hydrogen-bond acceptors (Lipinski definition) is 3. The standard InChI is InChI=1S/C25H28N2O2/c1-19(29-24-12-11-22-9-2-3-10-23(22)16-24)25(28)26-17-20-7-6-8-21(15-20)18-27-13-4-5-14-27/h2-3,6-12,15-16,19H,4-5,13-14,17-18H2,1H3,(H,26,28)/t19-/m1/s1. The molecular formula is C25H28N2O2. The minimum atomic E-state index is -0.552. The minimum absolute atomic E-state index is 0.108. The van der Waals surface area contributed by atoms with Crippen molar-refractivity contribution in [3.05, 3.63) is 77.9 Å². The monoisotopic (exact) mass is 388 g/mol. The zero-order valence-corrected chi connectivity index (χ0v) is 16.9. The number of rotatable bonds is 7. The Hall–Kier alpha value is -2.85. The molecule has 1 amide bonds. The van der Waals surface area contributed by atoms with Gasteiger partial charge in [0.05, 0.1) is 0 Å². The van der Waals surface area contributed by atoms with Gasteiger partial charge < -0.3 is 10.1 Å². The molecule has 0 saturated carbocycles. The molecule has 0 spiro atoms. The van der Waals surface area contributed by atoms with Crippen LogP contribution in [-0.4, -0.2) is 30.0 Å². The van der Waals surface area contributed by atoms with E-state index in [4.69, 9.17) is 4.74 Å². The third kappa shape index (κ3) is 5.15. The Morgan fingerprint density at radius 1 is 0.966 bits per heavy atom. The summed E-state index contributed by atoms with van der Waals surface area (Å²) in [5.41, 5.74) is 2.42. The Kier molecular flexibility index (Phi) is 6.11. The Balaban J connectivity index is 1.31. The lowest BCUT2D eigenvalue weighted by Crippen LogP contribution is -2.35. The fraction of sp³-hybridized carbons (Fsp3) is 0.320. The van der Waals surface area contributed by atoms with Crippen LogP contribution >= 0.6 is 0 Å². The van der Waals surface area contributed by atoms with Crippen LogP contribution in [0.25, 0.3) is 10.8 Å². The molecule has 0 unspecified atom stereocenters. The lowest BCUT2D eigenvalue weighted by atomic mass is 10.1. The second-order valence-corrected chi connectivity index (χ2v) is 7.79. The van der Waals surface area contributed by atoms with Gasteiger partial charge in [0.25, 0.3) is 5.91 Å². The van der Waals surface area contributed by atoms with Crippen molar-refractivity contribution in [3.8, 4) is 5.75 Å². The molecule has 4 nitrogen and oxygen atoms in total. The highest BCUT2D eigenvalue weighted by Gasteiger charge is 2.15. The Morgan fingerprint density at radius 3 is 2.55 bits per heavy atom. The Morgan fingerprint density at radius 2 is 1.72 bits per heavy atom. The highest BCUT2D eigenvalue weighted by Crippen LogP contribution is 2.21. The number of nitrogens with one attached hydrogen (secondary N) is 1. The van der Waals surface area contributed by atoms with Crippen LogP contribution in [0, 0.1) is 0 Å². The van der Waals surface area contributed by atoms with Gasteiger partial charge in [-0.05, 0) is 66.9 Å². The van der Waals surface area contributed by atoms with Gasteiger partial charge in [0.1, 0.15) is 5.75 Å². The molecule has 4 rings (SSSR count). The molecule has 29 heavy (non-hydrogen) atoms. The van der Waals surface area contributed by atoms with Crippen LogP contribution in [0.2, 0.25) is 0 Å². The summed E-state index contributed by atoms with van der Waals surface area (Å²) in [5, 5.41) is 5.26. The number of nitrogens with zero attached hydrogens (tertiary/aromatic N) is 1. The predicted octanol–water partition coefficient (Wildman–Crippen LogP) is 4.52. The fourth-order valence-corrected chi connectivity index (χ4v) is 3.87. The fourth-order valence-electron chi connectivity index (χ4n) is 3.87. The number of ether oxygens (including phenoxy) is 1. The van der Waals surface area contributed by atoms with E-state index in [1.165, 1.54) is 31.5 Å². The summed E-state index contributed by atoms with van der Waals surface area (Å²) >= 11 is 0. The first kappa shape index (κ1) is 19.5. The van der Waals surface area contributed by atoms with Crippen LogP contribution < -0.4 is 10.1 Å². The predicted molar refractivity (Wildman–Crippen MR) is 117 cm³/mol. The lowest BCUT2D eigenvalue weighted by Gasteiger charge is -2.17. The molecule has 1 fully saturated rings. The topological polar surface area (TPSA) is 41.6 Å². The molecule has 4 heteroatoms. The van der Waals surface area contributed by atoms with Crippen LogP contribution in [-0.2, 0) is 17.9 Å². The van der Waals surface area contributed by atoms with Crippen LogP contribution in [0.3, 0.4) is 0 Å². The Labute approximate surface area is 172 Å². The third-order valence-corrected chi connectivity index (χ3v) is 5.47. The van der Waals surface area contributed by atoms with Gasteiger partial charge in [0, 0.05) is 13.1 Å². The van der Waals surface area contributed by atoms with Gasteiger partial charge in [0.2, 0.25) is 0 Å². The van der Waals surface area contributed by atoms with E-state index in [2.05, 4.69) is 40.5 Å². The van der Waals surface area contributed by atoms with Gasteiger partial charge in [-0.25, -0.2) is 0 Å². The highest BCUT2D eigenvalue weighted by molar-refractivity contribution is 5.84. The van der Waals surface area contributed by atoms with E-state index in [0.29, 0.717) is 12.3 Å². The van der Waals surface area contributed by atoms with Gasteiger partial charge in [-0.3, -0.25) is 9.69 Å². The van der Waals surface area contributed by atoms with Crippen molar-refractivity contribution in [3.63, 3.8) is 0 Å². The van der Waals surface area contributed by atoms with Crippen molar-refractivity contribution in [2.45, 2.75) is 39.0 Å². The summed E-state index contributed by atoms with van der Waals surface area (Å²) in [4.78, 5) is 15.0. The first-order chi connectivity index (χ1) is 14.2. The van der Waals surface area contributed by atoms with Crippen molar-refractivity contribution in [1.82, 2.24) is 10.2 Å². The first-order valence-electron chi connectivity index (χ1n) is 10.4. The molecule has 1 atom stereocenters. The van der Waals surface area contributed by atoms with Gasteiger partial charge in [0.15, 0.2) is 6.10 Å². The summed E-state index contributed by atoms with van der Waals surface area (Å²) in [6.45, 7) is 5.66. The summed E-state index contributed by atoms with van der Waals surface area (Å²) < 4.78 is 5.87. The molecular weight excluding hydrogens is 360 g/mol. The van der Waals surface area contributed by atoms with E-state index < -0.39 is 6.10 Å². The zero-order chi connectivity index (χ0) is 20.1. The van der Waals surface area contributed by atoms with Crippen LogP contribution in [0.4, 0.5) is 0 Å². The molecule has 3 aromatic carbocycles. The number of carbonyl (C=O) groups is 1. The van der Waals surface area contributed by atoms with E-state index in [0.717, 1.165) is 22.9 Å². The highest BCUT2D eigenvalue weighted by atomic mass is 16.5. The van der Waals surface area contributed by atoms with E-state index >= 15 is 0 Å². The summed E-state index contributed by atoms with van der Waals surface area (Å²) in [6, 6.07) is 22.5. The van der Waals surface area contributed by atoms with E-state index in [-0.39, 0.29) is 5.91 Å². The van der Waals surface area contributed by atoms with Crippen molar-refractivity contribution >= 4 is 16.7 Å². The molecule has 0 radical (unpaired) electrons. The SMILES string of the molecule is C[C@@H](Oc1ccc2ccccc2c1)C(=O)NCc1cccc(CN2CCCC2)c1. The second kappa shape index (κ2) is 9.10. The van der Waals surface area contributed by atoms with Gasteiger partial charge >= 0.3 is 0 Å². The molecule has 1 N–H and O–H groups in total. The maximum atomic E-state index is 12.5. The molecule has 0 bridgehead atoms. The molecule has 0 aromatic heterocycles. The molecule has 150 valence electrons. The smallest absolute Gasteiger partial charge is 0.261 e. The summed E-state index contributed by atoms with van der Waals surface area (Å²) in [5.74, 6) is 0.599. The van der Waals surface area contributed by atoms with Crippen molar-refractivity contribution in [2.24, 2.45) is 0 Å². The van der Waals surface area contributed by atoms with E-state index in [9.17, 15) is 4.79 Å². The van der Waals surface area contributed by atoms with Crippen LogP contribution in [0.1, 0.15) is 30.9 Å². The summed E-state index contributed by atoms with van der Waals surface area (Å²) in [7, 11) is 0. The largest absolute Gasteiger partial charge is 0.481 e. The number of fused-ring (bicyclic) bond motifs is 1. The van der Waals surface area contributed by atoms with Crippen molar-refractivity contribution in [2.75, 3.05) is 13.1 Å². The molecule has 1 heterocycles. The summed E-state index contributed by atoms with van der Waals surface area (Å²) in [6.07, 6.45) is 2.04. The quantitative estimate of drug-likeness (QED) is 0.647. The number of amides is 1. The number of hydrogen-bond donors (Lipinski definition) is 1. The molecule has 1 aliphatic rings. The van der Waals surface area contributed by atoms with Crippen LogP contribution in [0.15, 0.2) is 66.7 Å². The average molecular weight is 389 g/mol. The normalized spacial score (nSPS) is 15.3. The lowest BCUT2D eigenvalue weighted by molar-refractivity contribution is -0.127. The number of carbonyl (C=O) groups excluding carboxylic acids is 1. The maximum Gasteiger partial charge on any atom is 0.261 e. The third-order valence-electron chi connectivity index (χ3n) is 5.47. The van der Waals surface area contributed by atoms with E-state index in [1.54, 1.807) is 6.92 Å². The number of likely N-dealkylation sites (tertiary alicyclic amines) is 1. The number of benzene rings is 3. The van der Waals surface area contributed by atoms with Gasteiger partial charge in [-0.1, -0.05) is 54.6 Å². The first-order valence-corrected chi connectivity index (χ1v) is 10.4. The molecule has 1 aliphatic heterocycles. The zero-order valence-electron chi connectivity index (χ0n) is 16.9.